The van der Waals surface area contributed by atoms with Crippen molar-refractivity contribution >= 4 is 22.6 Å². The van der Waals surface area contributed by atoms with Crippen LogP contribution in [0.3, 0.4) is 0 Å². The number of anilines is 1. The van der Waals surface area contributed by atoms with Crippen LogP contribution in [0.4, 0.5) is 5.69 Å². The smallest absolute Gasteiger partial charge is 0.341 e. The summed E-state index contributed by atoms with van der Waals surface area (Å²) in [5.74, 6) is -0.661. The number of aromatic carboxylic acids is 1. The molecule has 122 valence electrons. The van der Waals surface area contributed by atoms with Crippen LogP contribution in [0.2, 0.25) is 0 Å². The van der Waals surface area contributed by atoms with Crippen LogP contribution in [0.1, 0.15) is 37.0 Å². The molecule has 5 nitrogen and oxygen atoms in total. The Bertz CT molecular complexity index is 802. The van der Waals surface area contributed by atoms with Crippen LogP contribution in [0.5, 0.6) is 0 Å². The van der Waals surface area contributed by atoms with Crippen LogP contribution in [-0.4, -0.2) is 28.7 Å². The molecule has 0 saturated heterocycles. The maximum atomic E-state index is 12.6. The largest absolute Gasteiger partial charge is 0.477 e. The van der Waals surface area contributed by atoms with E-state index in [1.165, 1.54) is 6.07 Å². The average molecular weight is 314 g/mol. The molecule has 2 aromatic rings. The summed E-state index contributed by atoms with van der Waals surface area (Å²) in [5.41, 5.74) is 1.35. The molecule has 0 amide bonds. The summed E-state index contributed by atoms with van der Waals surface area (Å²) in [5, 5.41) is 10.1. The Morgan fingerprint density at radius 3 is 2.52 bits per heavy atom. The average Bonchev–Trinajstić information content (AvgIpc) is 3.35. The van der Waals surface area contributed by atoms with Gasteiger partial charge in [-0.05, 0) is 56.2 Å². The molecule has 1 fully saturated rings. The Hall–Kier alpha value is -2.30. The molecule has 0 aliphatic heterocycles. The second kappa shape index (κ2) is 6.07. The lowest BCUT2D eigenvalue weighted by molar-refractivity contribution is 0.0694. The van der Waals surface area contributed by atoms with Crippen molar-refractivity contribution in [3.05, 3.63) is 40.2 Å². The number of nitrogens with zero attached hydrogens (tertiary/aromatic N) is 2. The van der Waals surface area contributed by atoms with Gasteiger partial charge in [-0.3, -0.25) is 4.79 Å². The summed E-state index contributed by atoms with van der Waals surface area (Å²) in [6.45, 7) is 6.58. The minimum absolute atomic E-state index is 0.145. The highest BCUT2D eigenvalue weighted by Crippen LogP contribution is 2.32. The molecule has 0 unspecified atom stereocenters. The number of aromatic nitrogens is 1. The van der Waals surface area contributed by atoms with Crippen LogP contribution >= 0.6 is 0 Å². The minimum Gasteiger partial charge on any atom is -0.477 e. The van der Waals surface area contributed by atoms with Gasteiger partial charge < -0.3 is 14.6 Å². The van der Waals surface area contributed by atoms with Gasteiger partial charge in [0.05, 0.1) is 5.52 Å². The van der Waals surface area contributed by atoms with Gasteiger partial charge in [0.2, 0.25) is 0 Å². The molecule has 0 bridgehead atoms. The third-order valence-corrected chi connectivity index (χ3v) is 4.58. The highest BCUT2D eigenvalue weighted by atomic mass is 16.4. The first kappa shape index (κ1) is 15.6. The molecular formula is C18H22N2O3. The predicted molar refractivity (Wildman–Crippen MR) is 91.5 cm³/mol. The van der Waals surface area contributed by atoms with Gasteiger partial charge in [0.25, 0.3) is 5.56 Å². The van der Waals surface area contributed by atoms with E-state index in [2.05, 4.69) is 18.7 Å². The summed E-state index contributed by atoms with van der Waals surface area (Å²) >= 11 is 0. The Kier molecular flexibility index (Phi) is 4.11. The number of fused-ring (bicyclic) bond motifs is 1. The first-order valence-electron chi connectivity index (χ1n) is 8.21. The van der Waals surface area contributed by atoms with E-state index in [-0.39, 0.29) is 5.56 Å². The van der Waals surface area contributed by atoms with E-state index in [1.54, 1.807) is 4.57 Å². The van der Waals surface area contributed by atoms with Crippen LogP contribution in [0, 0.1) is 5.92 Å². The molecule has 1 aromatic carbocycles. The number of pyridine rings is 1. The van der Waals surface area contributed by atoms with Crippen LogP contribution in [0.15, 0.2) is 29.1 Å². The molecule has 5 heteroatoms. The van der Waals surface area contributed by atoms with Gasteiger partial charge in [-0.15, -0.1) is 0 Å². The SMILES string of the molecule is CCN(CC)c1ccc2cc(C(=O)O)c(=O)n(CC3CC3)c2c1. The minimum atomic E-state index is -1.16. The number of carbonyl (C=O) groups is 1. The Balaban J connectivity index is 2.22. The summed E-state index contributed by atoms with van der Waals surface area (Å²) in [6, 6.07) is 7.42. The second-order valence-corrected chi connectivity index (χ2v) is 6.14. The van der Waals surface area contributed by atoms with Gasteiger partial charge in [-0.25, -0.2) is 4.79 Å². The van der Waals surface area contributed by atoms with E-state index in [0.29, 0.717) is 12.5 Å². The van der Waals surface area contributed by atoms with E-state index >= 15 is 0 Å². The molecule has 1 aliphatic carbocycles. The number of carboxylic acids is 1. The topological polar surface area (TPSA) is 62.5 Å². The summed E-state index contributed by atoms with van der Waals surface area (Å²) in [7, 11) is 0. The Morgan fingerprint density at radius 2 is 1.96 bits per heavy atom. The lowest BCUT2D eigenvalue weighted by Gasteiger charge is -2.22. The molecule has 1 aromatic heterocycles. The molecule has 1 N–H and O–H groups in total. The van der Waals surface area contributed by atoms with Gasteiger partial charge in [0.15, 0.2) is 0 Å². The van der Waals surface area contributed by atoms with Crippen molar-refractivity contribution in [1.82, 2.24) is 4.57 Å². The quantitative estimate of drug-likeness (QED) is 0.890. The third-order valence-electron chi connectivity index (χ3n) is 4.58. The first-order chi connectivity index (χ1) is 11.0. The zero-order valence-electron chi connectivity index (χ0n) is 13.6. The number of hydrogen-bond acceptors (Lipinski definition) is 3. The lowest BCUT2D eigenvalue weighted by atomic mass is 10.1. The van der Waals surface area contributed by atoms with Gasteiger partial charge in [0, 0.05) is 25.3 Å². The van der Waals surface area contributed by atoms with Crippen molar-refractivity contribution < 1.29 is 9.90 Å². The second-order valence-electron chi connectivity index (χ2n) is 6.14. The van der Waals surface area contributed by atoms with E-state index in [4.69, 9.17) is 0 Å². The lowest BCUT2D eigenvalue weighted by Crippen LogP contribution is -2.28. The predicted octanol–water partition coefficient (Wildman–Crippen LogP) is 2.96. The van der Waals surface area contributed by atoms with Gasteiger partial charge in [-0.2, -0.15) is 0 Å². The number of carboxylic acid groups (broad SMARTS) is 1. The fourth-order valence-electron chi connectivity index (χ4n) is 3.04. The molecule has 1 heterocycles. The van der Waals surface area contributed by atoms with Crippen molar-refractivity contribution in [2.75, 3.05) is 18.0 Å². The summed E-state index contributed by atoms with van der Waals surface area (Å²) in [4.78, 5) is 26.2. The van der Waals surface area contributed by atoms with Gasteiger partial charge >= 0.3 is 5.97 Å². The van der Waals surface area contributed by atoms with Crippen molar-refractivity contribution in [1.29, 1.82) is 0 Å². The Labute approximate surface area is 135 Å². The molecule has 1 saturated carbocycles. The summed E-state index contributed by atoms with van der Waals surface area (Å²) < 4.78 is 1.66. The highest BCUT2D eigenvalue weighted by molar-refractivity contribution is 5.93. The van der Waals surface area contributed by atoms with Gasteiger partial charge in [-0.1, -0.05) is 6.07 Å². The summed E-state index contributed by atoms with van der Waals surface area (Å²) in [6.07, 6.45) is 2.22. The van der Waals surface area contributed by atoms with Crippen LogP contribution in [0.25, 0.3) is 10.9 Å². The van der Waals surface area contributed by atoms with E-state index in [0.717, 1.165) is 42.5 Å². The Morgan fingerprint density at radius 1 is 1.26 bits per heavy atom. The zero-order valence-corrected chi connectivity index (χ0v) is 13.6. The number of benzene rings is 1. The van der Waals surface area contributed by atoms with Gasteiger partial charge in [0.1, 0.15) is 5.56 Å². The number of rotatable bonds is 6. The van der Waals surface area contributed by atoms with Crippen LogP contribution in [-0.2, 0) is 6.54 Å². The van der Waals surface area contributed by atoms with E-state index < -0.39 is 11.5 Å². The molecule has 0 radical (unpaired) electrons. The van der Waals surface area contributed by atoms with Crippen molar-refractivity contribution in [2.45, 2.75) is 33.2 Å². The normalized spacial score (nSPS) is 14.2. The standard InChI is InChI=1S/C18H22N2O3/c1-3-19(4-2)14-8-7-13-9-15(18(22)23)17(21)20(16(13)10-14)11-12-5-6-12/h7-10,12H,3-6,11H2,1-2H3,(H,22,23). The molecule has 0 spiro atoms. The van der Waals surface area contributed by atoms with Crippen molar-refractivity contribution in [3.8, 4) is 0 Å². The van der Waals surface area contributed by atoms with Crippen LogP contribution < -0.4 is 10.5 Å². The number of hydrogen-bond donors (Lipinski definition) is 1. The van der Waals surface area contributed by atoms with Crippen molar-refractivity contribution in [3.63, 3.8) is 0 Å². The monoisotopic (exact) mass is 314 g/mol. The third kappa shape index (κ3) is 2.96. The first-order valence-corrected chi connectivity index (χ1v) is 8.21. The molecule has 1 aliphatic rings. The fraction of sp³-hybridized carbons (Fsp3) is 0.444. The fourth-order valence-corrected chi connectivity index (χ4v) is 3.04. The highest BCUT2D eigenvalue weighted by Gasteiger charge is 2.24. The molecular weight excluding hydrogens is 292 g/mol. The van der Waals surface area contributed by atoms with E-state index in [1.807, 2.05) is 18.2 Å². The maximum absolute atomic E-state index is 12.6. The zero-order chi connectivity index (χ0) is 16.6. The maximum Gasteiger partial charge on any atom is 0.341 e. The van der Waals surface area contributed by atoms with Crippen molar-refractivity contribution in [2.24, 2.45) is 5.92 Å². The van der Waals surface area contributed by atoms with E-state index in [9.17, 15) is 14.7 Å². The molecule has 23 heavy (non-hydrogen) atoms. The molecule has 3 rings (SSSR count). The molecule has 0 atom stereocenters.